The number of hydrogen-bond acceptors (Lipinski definition) is 3. The van der Waals surface area contributed by atoms with E-state index >= 15 is 0 Å². The van der Waals surface area contributed by atoms with Crippen LogP contribution in [0.15, 0.2) is 30.3 Å². The summed E-state index contributed by atoms with van der Waals surface area (Å²) < 4.78 is 0. The Morgan fingerprint density at radius 1 is 1.10 bits per heavy atom. The number of nitrogens with one attached hydrogen (secondary N) is 1. The lowest BCUT2D eigenvalue weighted by Crippen LogP contribution is -2.39. The first-order valence-corrected chi connectivity index (χ1v) is 9.33. The van der Waals surface area contributed by atoms with Crippen molar-refractivity contribution in [2.45, 2.75) is 39.3 Å². The van der Waals surface area contributed by atoms with Gasteiger partial charge >= 0.3 is 0 Å². The summed E-state index contributed by atoms with van der Waals surface area (Å²) >= 11 is 0. The van der Waals surface area contributed by atoms with Crippen molar-refractivity contribution in [1.82, 2.24) is 5.32 Å². The van der Waals surface area contributed by atoms with Crippen molar-refractivity contribution in [3.05, 3.63) is 35.9 Å². The van der Waals surface area contributed by atoms with Gasteiger partial charge in [0.2, 0.25) is 0 Å². The van der Waals surface area contributed by atoms with E-state index in [2.05, 4.69) is 5.32 Å². The number of hydrogen-bond donors (Lipinski definition) is 1. The Kier molecular flexibility index (Phi) is 5.66. The summed E-state index contributed by atoms with van der Waals surface area (Å²) in [7, 11) is -1.12. The number of benzene rings is 1. The monoisotopic (exact) mass is 305 g/mol. The molecule has 0 bridgehead atoms. The molecule has 2 heterocycles. The fraction of sp³-hybridized carbons (Fsp3) is 0.529. The van der Waals surface area contributed by atoms with Crippen LogP contribution in [-0.4, -0.2) is 24.1 Å². The van der Waals surface area contributed by atoms with Gasteiger partial charge in [-0.25, -0.2) is 0 Å². The van der Waals surface area contributed by atoms with Gasteiger partial charge < -0.3 is 5.32 Å². The Hall–Kier alpha value is -1.05. The predicted octanol–water partition coefficient (Wildman–Crippen LogP) is 3.52. The topological polar surface area (TPSA) is 46.2 Å². The van der Waals surface area contributed by atoms with E-state index in [0.29, 0.717) is 12.6 Å². The standard InChI is InChI=1S/C15H18NO2P.C2H6/c17-13-10-15(6-8-16-9-7-15)14(18)19(13)11-12-4-2-1-3-5-12;1-2/h1-5,16H,6-11H2;1-2H3. The molecule has 1 N–H and O–H groups in total. The fourth-order valence-corrected chi connectivity index (χ4v) is 5.57. The van der Waals surface area contributed by atoms with Crippen molar-refractivity contribution >= 4 is 19.0 Å². The average Bonchev–Trinajstić information content (AvgIpc) is 2.75. The molecule has 0 amide bonds. The van der Waals surface area contributed by atoms with Crippen LogP contribution >= 0.6 is 7.92 Å². The number of piperidine rings is 1. The molecule has 21 heavy (non-hydrogen) atoms. The first-order chi connectivity index (χ1) is 10.2. The van der Waals surface area contributed by atoms with Crippen molar-refractivity contribution < 1.29 is 9.59 Å². The Morgan fingerprint density at radius 3 is 2.33 bits per heavy atom. The van der Waals surface area contributed by atoms with Crippen LogP contribution in [0.25, 0.3) is 0 Å². The van der Waals surface area contributed by atoms with E-state index in [1.54, 1.807) is 0 Å². The van der Waals surface area contributed by atoms with E-state index in [-0.39, 0.29) is 16.5 Å². The summed E-state index contributed by atoms with van der Waals surface area (Å²) in [5, 5.41) is 3.28. The highest BCUT2D eigenvalue weighted by Crippen LogP contribution is 2.59. The third-order valence-electron chi connectivity index (χ3n) is 4.23. The zero-order valence-electron chi connectivity index (χ0n) is 12.9. The fourth-order valence-electron chi connectivity index (χ4n) is 3.08. The third kappa shape index (κ3) is 3.41. The lowest BCUT2D eigenvalue weighted by molar-refractivity contribution is -0.122. The van der Waals surface area contributed by atoms with Gasteiger partial charge in [-0.05, 0) is 31.5 Å². The molecule has 0 aliphatic carbocycles. The molecular formula is C17H24NO2P. The molecule has 2 fully saturated rings. The maximum Gasteiger partial charge on any atom is 0.168 e. The zero-order chi connectivity index (χ0) is 15.3. The Bertz CT molecular complexity index is 495. The van der Waals surface area contributed by atoms with Crippen LogP contribution in [0.5, 0.6) is 0 Å². The van der Waals surface area contributed by atoms with E-state index in [4.69, 9.17) is 0 Å². The third-order valence-corrected chi connectivity index (χ3v) is 6.64. The van der Waals surface area contributed by atoms with Crippen LogP contribution in [-0.2, 0) is 15.8 Å². The minimum Gasteiger partial charge on any atom is -0.317 e. The van der Waals surface area contributed by atoms with Gasteiger partial charge in [0.25, 0.3) is 0 Å². The molecule has 1 spiro atoms. The molecule has 0 saturated carbocycles. The highest BCUT2D eigenvalue weighted by molar-refractivity contribution is 7.89. The van der Waals surface area contributed by atoms with Crippen LogP contribution < -0.4 is 5.32 Å². The quantitative estimate of drug-likeness (QED) is 0.850. The van der Waals surface area contributed by atoms with Gasteiger partial charge in [-0.3, -0.25) is 9.59 Å². The minimum absolute atomic E-state index is 0.214. The summed E-state index contributed by atoms with van der Waals surface area (Å²) in [6.07, 6.45) is 2.81. The molecule has 2 saturated heterocycles. The summed E-state index contributed by atoms with van der Waals surface area (Å²) in [5.74, 6) is 0. The molecule has 0 aromatic heterocycles. The highest BCUT2D eigenvalue weighted by atomic mass is 31.1. The van der Waals surface area contributed by atoms with Gasteiger partial charge in [-0.2, -0.15) is 0 Å². The molecule has 3 nitrogen and oxygen atoms in total. The normalized spacial score (nSPS) is 23.8. The summed E-state index contributed by atoms with van der Waals surface area (Å²) in [5.41, 5.74) is 1.27. The van der Waals surface area contributed by atoms with Crippen LogP contribution in [0.4, 0.5) is 0 Å². The second-order valence-electron chi connectivity index (χ2n) is 5.48. The second-order valence-corrected chi connectivity index (χ2v) is 7.56. The minimum atomic E-state index is -1.12. The van der Waals surface area contributed by atoms with E-state index in [1.807, 2.05) is 44.2 Å². The number of carbonyl (C=O) groups excluding carboxylic acids is 2. The van der Waals surface area contributed by atoms with Crippen molar-refractivity contribution in [3.8, 4) is 0 Å². The Morgan fingerprint density at radius 2 is 1.71 bits per heavy atom. The average molecular weight is 305 g/mol. The van der Waals surface area contributed by atoms with Crippen LogP contribution in [0.2, 0.25) is 0 Å². The summed E-state index contributed by atoms with van der Waals surface area (Å²) in [6, 6.07) is 9.92. The first kappa shape index (κ1) is 16.3. The van der Waals surface area contributed by atoms with Gasteiger partial charge in [0.1, 0.15) is 0 Å². The maximum atomic E-state index is 12.7. The van der Waals surface area contributed by atoms with Crippen LogP contribution in [0, 0.1) is 5.41 Å². The Balaban J connectivity index is 0.000000774. The molecule has 0 radical (unpaired) electrons. The molecule has 2 aliphatic rings. The van der Waals surface area contributed by atoms with Gasteiger partial charge in [-0.15, -0.1) is 0 Å². The van der Waals surface area contributed by atoms with E-state index in [0.717, 1.165) is 31.5 Å². The molecule has 2 aliphatic heterocycles. The lowest BCUT2D eigenvalue weighted by atomic mass is 9.78. The number of carbonyl (C=O) groups is 2. The molecule has 4 heteroatoms. The zero-order valence-corrected chi connectivity index (χ0v) is 13.8. The molecular weight excluding hydrogens is 281 g/mol. The number of rotatable bonds is 2. The molecule has 3 rings (SSSR count). The van der Waals surface area contributed by atoms with Crippen molar-refractivity contribution in [1.29, 1.82) is 0 Å². The molecule has 1 aromatic rings. The molecule has 114 valence electrons. The van der Waals surface area contributed by atoms with Crippen molar-refractivity contribution in [3.63, 3.8) is 0 Å². The van der Waals surface area contributed by atoms with Crippen molar-refractivity contribution in [2.24, 2.45) is 5.41 Å². The van der Waals surface area contributed by atoms with Gasteiger partial charge in [0.15, 0.2) is 11.0 Å². The summed E-state index contributed by atoms with van der Waals surface area (Å²) in [6.45, 7) is 5.74. The SMILES string of the molecule is CC.O=C1CC2(CCNCC2)C(=O)P1Cc1ccccc1. The first-order valence-electron chi connectivity index (χ1n) is 7.81. The van der Waals surface area contributed by atoms with Gasteiger partial charge in [0, 0.05) is 25.9 Å². The lowest BCUT2D eigenvalue weighted by Gasteiger charge is -2.31. The van der Waals surface area contributed by atoms with E-state index in [9.17, 15) is 9.59 Å². The van der Waals surface area contributed by atoms with E-state index < -0.39 is 7.92 Å². The van der Waals surface area contributed by atoms with Gasteiger partial charge in [-0.1, -0.05) is 44.2 Å². The van der Waals surface area contributed by atoms with Crippen LogP contribution in [0.3, 0.4) is 0 Å². The summed E-state index contributed by atoms with van der Waals surface area (Å²) in [4.78, 5) is 24.9. The molecule has 1 atom stereocenters. The highest BCUT2D eigenvalue weighted by Gasteiger charge is 2.52. The van der Waals surface area contributed by atoms with Gasteiger partial charge in [0.05, 0.1) is 0 Å². The smallest absolute Gasteiger partial charge is 0.168 e. The predicted molar refractivity (Wildman–Crippen MR) is 87.6 cm³/mol. The molecule has 1 aromatic carbocycles. The largest absolute Gasteiger partial charge is 0.317 e. The second kappa shape index (κ2) is 7.29. The molecule has 1 unspecified atom stereocenters. The maximum absolute atomic E-state index is 12.7. The van der Waals surface area contributed by atoms with Crippen LogP contribution in [0.1, 0.15) is 38.7 Å². The van der Waals surface area contributed by atoms with E-state index in [1.165, 1.54) is 0 Å². The Labute approximate surface area is 128 Å². The van der Waals surface area contributed by atoms with Crippen molar-refractivity contribution in [2.75, 3.05) is 13.1 Å².